The number of piperidine rings is 1. The van der Waals surface area contributed by atoms with Crippen LogP contribution in [0.2, 0.25) is 0 Å². The number of anilines is 1. The van der Waals surface area contributed by atoms with E-state index in [1.807, 2.05) is 11.0 Å². The van der Waals surface area contributed by atoms with Crippen molar-refractivity contribution in [1.82, 2.24) is 9.47 Å². The Morgan fingerprint density at radius 2 is 2.06 bits per heavy atom. The van der Waals surface area contributed by atoms with Gasteiger partial charge in [-0.15, -0.1) is 0 Å². The molecule has 0 aromatic carbocycles. The first-order valence-corrected chi connectivity index (χ1v) is 13.3. The van der Waals surface area contributed by atoms with Gasteiger partial charge in [0.15, 0.2) is 0 Å². The molecular weight excluding hydrogens is 484 g/mol. The van der Waals surface area contributed by atoms with E-state index in [0.717, 1.165) is 25.7 Å². The van der Waals surface area contributed by atoms with E-state index in [0.29, 0.717) is 58.8 Å². The van der Waals surface area contributed by atoms with Gasteiger partial charge in [0, 0.05) is 32.2 Å². The maximum absolute atomic E-state index is 13.2. The van der Waals surface area contributed by atoms with Crippen molar-refractivity contribution >= 4 is 52.1 Å². The fourth-order valence-corrected chi connectivity index (χ4v) is 5.85. The van der Waals surface area contributed by atoms with Crippen LogP contribution in [-0.4, -0.2) is 51.9 Å². The number of rotatable bonds is 8. The molecule has 1 aromatic rings. The van der Waals surface area contributed by atoms with E-state index in [2.05, 4.69) is 6.92 Å². The quantitative estimate of drug-likeness (QED) is 0.223. The van der Waals surface area contributed by atoms with Gasteiger partial charge in [0.05, 0.1) is 17.4 Å². The van der Waals surface area contributed by atoms with E-state index >= 15 is 0 Å². The largest absolute Gasteiger partial charge is 0.466 e. The molecule has 0 saturated carbocycles. The molecule has 2 aliphatic heterocycles. The Morgan fingerprint density at radius 3 is 2.71 bits per heavy atom. The lowest BCUT2D eigenvalue weighted by Crippen LogP contribution is -2.42. The molecule has 1 aromatic heterocycles. The van der Waals surface area contributed by atoms with Gasteiger partial charge in [-0.1, -0.05) is 43.7 Å². The molecule has 0 spiro atoms. The van der Waals surface area contributed by atoms with Crippen molar-refractivity contribution in [3.8, 4) is 6.07 Å². The lowest BCUT2D eigenvalue weighted by atomic mass is 9.96. The maximum atomic E-state index is 13.2. The van der Waals surface area contributed by atoms with Crippen molar-refractivity contribution < 1.29 is 14.3 Å². The van der Waals surface area contributed by atoms with E-state index in [1.54, 1.807) is 31.9 Å². The Labute approximate surface area is 215 Å². The van der Waals surface area contributed by atoms with Gasteiger partial charge >= 0.3 is 5.97 Å². The number of nitrogens with zero attached hydrogens (tertiary/aromatic N) is 4. The molecule has 188 valence electrons. The number of carbonyl (C=O) groups is 2. The summed E-state index contributed by atoms with van der Waals surface area (Å²) in [5, 5.41) is 9.68. The zero-order valence-electron chi connectivity index (χ0n) is 20.8. The molecule has 0 bridgehead atoms. The second-order valence-electron chi connectivity index (χ2n) is 8.79. The molecule has 35 heavy (non-hydrogen) atoms. The van der Waals surface area contributed by atoms with Crippen LogP contribution in [-0.2, 0) is 21.4 Å². The summed E-state index contributed by atoms with van der Waals surface area (Å²) in [7, 11) is 1.62. The van der Waals surface area contributed by atoms with Gasteiger partial charge in [-0.05, 0) is 44.7 Å². The number of thiocarbonyl (C=S) groups is 1. The number of unbranched alkanes of at least 4 members (excludes halogenated alkanes) is 2. The van der Waals surface area contributed by atoms with Crippen molar-refractivity contribution in [1.29, 1.82) is 5.26 Å². The third kappa shape index (κ3) is 5.62. The standard InChI is InChI=1S/C25H32N4O4S2/c1-5-7-8-12-29-23(31)20(35-25(29)34)13-18-16(3)19(14-26)22(30)27(4)21(18)28-11-9-10-17(15-28)24(32)33-6-2/h13,17H,5-12,15H2,1-4H3/b20-13+. The summed E-state index contributed by atoms with van der Waals surface area (Å²) in [5.41, 5.74) is 0.782. The average molecular weight is 517 g/mol. The van der Waals surface area contributed by atoms with Gasteiger partial charge in [-0.25, -0.2) is 0 Å². The monoisotopic (exact) mass is 516 g/mol. The van der Waals surface area contributed by atoms with E-state index < -0.39 is 5.56 Å². The number of aromatic nitrogens is 1. The average Bonchev–Trinajstić information content (AvgIpc) is 3.10. The molecule has 10 heteroatoms. The molecule has 2 fully saturated rings. The van der Waals surface area contributed by atoms with Crippen LogP contribution in [0.1, 0.15) is 62.6 Å². The summed E-state index contributed by atoms with van der Waals surface area (Å²) in [6.07, 6.45) is 6.16. The van der Waals surface area contributed by atoms with Crippen LogP contribution in [0.3, 0.4) is 0 Å². The summed E-state index contributed by atoms with van der Waals surface area (Å²) < 4.78 is 7.21. The SMILES string of the molecule is CCCCCN1C(=O)/C(=C\c2c(C)c(C#N)c(=O)n(C)c2N2CCCC(C(=O)OCC)C2)SC1=S. The van der Waals surface area contributed by atoms with Gasteiger partial charge < -0.3 is 9.64 Å². The second kappa shape index (κ2) is 11.9. The summed E-state index contributed by atoms with van der Waals surface area (Å²) in [6.45, 7) is 7.55. The molecule has 8 nitrogen and oxygen atoms in total. The molecule has 3 heterocycles. The Hall–Kier alpha value is -2.64. The first-order valence-electron chi connectivity index (χ1n) is 12.1. The first-order chi connectivity index (χ1) is 16.7. The summed E-state index contributed by atoms with van der Waals surface area (Å²) in [4.78, 5) is 42.7. The van der Waals surface area contributed by atoms with E-state index in [4.69, 9.17) is 17.0 Å². The predicted octanol–water partition coefficient (Wildman–Crippen LogP) is 3.74. The number of amides is 1. The Balaban J connectivity index is 2.06. The number of carbonyl (C=O) groups excluding carboxylic acids is 2. The minimum Gasteiger partial charge on any atom is -0.466 e. The molecule has 0 radical (unpaired) electrons. The molecule has 1 unspecified atom stereocenters. The second-order valence-corrected chi connectivity index (χ2v) is 10.5. The van der Waals surface area contributed by atoms with Crippen LogP contribution in [0.5, 0.6) is 0 Å². The predicted molar refractivity (Wildman–Crippen MR) is 142 cm³/mol. The number of hydrogen-bond acceptors (Lipinski definition) is 8. The Kier molecular flexibility index (Phi) is 9.14. The van der Waals surface area contributed by atoms with Crippen LogP contribution < -0.4 is 10.5 Å². The third-order valence-electron chi connectivity index (χ3n) is 6.44. The molecule has 2 saturated heterocycles. The molecule has 0 N–H and O–H groups in total. The van der Waals surface area contributed by atoms with E-state index in [1.165, 1.54) is 16.3 Å². The van der Waals surface area contributed by atoms with Crippen LogP contribution in [0.25, 0.3) is 6.08 Å². The van der Waals surface area contributed by atoms with E-state index in [9.17, 15) is 19.6 Å². The van der Waals surface area contributed by atoms with Gasteiger partial charge in [0.2, 0.25) is 0 Å². The Bertz CT molecular complexity index is 1150. The lowest BCUT2D eigenvalue weighted by molar-refractivity contribution is -0.148. The number of pyridine rings is 1. The molecule has 3 rings (SSSR count). The lowest BCUT2D eigenvalue weighted by Gasteiger charge is -2.35. The number of thioether (sulfide) groups is 1. The highest BCUT2D eigenvalue weighted by atomic mass is 32.2. The van der Waals surface area contributed by atoms with Crippen LogP contribution in [0, 0.1) is 24.2 Å². The van der Waals surface area contributed by atoms with Crippen molar-refractivity contribution in [3.63, 3.8) is 0 Å². The molecule has 1 atom stereocenters. The van der Waals surface area contributed by atoms with Crippen molar-refractivity contribution in [2.24, 2.45) is 13.0 Å². The van der Waals surface area contributed by atoms with Crippen molar-refractivity contribution in [3.05, 3.63) is 31.9 Å². The maximum Gasteiger partial charge on any atom is 0.310 e. The number of nitriles is 1. The number of hydrogen-bond donors (Lipinski definition) is 0. The topological polar surface area (TPSA) is 95.6 Å². The van der Waals surface area contributed by atoms with Crippen molar-refractivity contribution in [2.45, 2.75) is 52.9 Å². The minimum absolute atomic E-state index is 0.0416. The molecule has 1 amide bonds. The minimum atomic E-state index is -0.400. The normalized spacial score (nSPS) is 19.4. The van der Waals surface area contributed by atoms with E-state index in [-0.39, 0.29) is 23.4 Å². The molecule has 2 aliphatic rings. The smallest absolute Gasteiger partial charge is 0.310 e. The van der Waals surface area contributed by atoms with Crippen molar-refractivity contribution in [2.75, 3.05) is 31.1 Å². The molecular formula is C25H32N4O4S2. The highest BCUT2D eigenvalue weighted by Gasteiger charge is 2.34. The van der Waals surface area contributed by atoms with Gasteiger partial charge in [-0.2, -0.15) is 5.26 Å². The summed E-state index contributed by atoms with van der Waals surface area (Å²) >= 11 is 6.71. The summed E-state index contributed by atoms with van der Waals surface area (Å²) in [5.74, 6) is -0.116. The van der Waals surface area contributed by atoms with Crippen LogP contribution in [0.15, 0.2) is 9.70 Å². The fraction of sp³-hybridized carbons (Fsp3) is 0.560. The number of esters is 1. The zero-order valence-corrected chi connectivity index (χ0v) is 22.4. The highest BCUT2D eigenvalue weighted by Crippen LogP contribution is 2.36. The zero-order chi connectivity index (χ0) is 25.7. The van der Waals surface area contributed by atoms with Gasteiger partial charge in [0.1, 0.15) is 21.8 Å². The van der Waals surface area contributed by atoms with Gasteiger partial charge in [0.25, 0.3) is 11.5 Å². The highest BCUT2D eigenvalue weighted by molar-refractivity contribution is 8.26. The fourth-order valence-electron chi connectivity index (χ4n) is 4.56. The molecule has 0 aliphatic carbocycles. The van der Waals surface area contributed by atoms with Crippen LogP contribution >= 0.6 is 24.0 Å². The summed E-state index contributed by atoms with van der Waals surface area (Å²) in [6, 6.07) is 2.02. The first kappa shape index (κ1) is 27.0. The number of ether oxygens (including phenoxy) is 1. The third-order valence-corrected chi connectivity index (χ3v) is 7.82. The van der Waals surface area contributed by atoms with Crippen LogP contribution in [0.4, 0.5) is 5.82 Å². The Morgan fingerprint density at radius 1 is 1.31 bits per heavy atom. The van der Waals surface area contributed by atoms with Gasteiger partial charge in [-0.3, -0.25) is 23.9 Å².